The minimum atomic E-state index is -4.33. The van der Waals surface area contributed by atoms with Crippen molar-refractivity contribution in [3.63, 3.8) is 0 Å². The molecule has 1 aromatic heterocycles. The van der Waals surface area contributed by atoms with E-state index in [0.29, 0.717) is 42.2 Å². The summed E-state index contributed by atoms with van der Waals surface area (Å²) in [6.07, 6.45) is 7.83. The van der Waals surface area contributed by atoms with Crippen molar-refractivity contribution < 1.29 is 23.0 Å². The second-order valence-electron chi connectivity index (χ2n) is 12.6. The van der Waals surface area contributed by atoms with Crippen LogP contribution < -0.4 is 0 Å². The highest BCUT2D eigenvalue weighted by atomic mass is 19.4. The molecule has 184 valence electrons. The van der Waals surface area contributed by atoms with Gasteiger partial charge in [-0.05, 0) is 99.7 Å². The Balaban J connectivity index is 1.18. The third-order valence-corrected chi connectivity index (χ3v) is 11.1. The molecule has 7 heteroatoms. The lowest BCUT2D eigenvalue weighted by atomic mass is 9.44. The summed E-state index contributed by atoms with van der Waals surface area (Å²) in [7, 11) is 0. The molecule has 1 saturated heterocycles. The first-order valence-corrected chi connectivity index (χ1v) is 13.0. The molecule has 0 amide bonds. The zero-order valence-electron chi connectivity index (χ0n) is 19.8. The molecule has 9 atom stereocenters. The Labute approximate surface area is 194 Å². The molecule has 5 fully saturated rings. The molecule has 4 nitrogen and oxygen atoms in total. The minimum Gasteiger partial charge on any atom is -0.390 e. The fourth-order valence-corrected chi connectivity index (χ4v) is 9.43. The zero-order chi connectivity index (χ0) is 23.2. The highest BCUT2D eigenvalue weighted by Gasteiger charge is 2.67. The Hall–Kier alpha value is -1.08. The van der Waals surface area contributed by atoms with Crippen molar-refractivity contribution in [3.8, 4) is 0 Å². The molecule has 1 aliphatic heterocycles. The smallest absolute Gasteiger partial charge is 0.390 e. The van der Waals surface area contributed by atoms with Crippen LogP contribution in [0.4, 0.5) is 13.2 Å². The van der Waals surface area contributed by atoms with Crippen molar-refractivity contribution in [2.24, 2.45) is 40.4 Å². The van der Waals surface area contributed by atoms with Crippen molar-refractivity contribution in [1.29, 1.82) is 0 Å². The van der Waals surface area contributed by atoms with E-state index in [9.17, 15) is 18.3 Å². The van der Waals surface area contributed by atoms with Crippen LogP contribution in [0.25, 0.3) is 0 Å². The molecule has 2 bridgehead atoms. The molecule has 0 aromatic carbocycles. The predicted octanol–water partition coefficient (Wildman–Crippen LogP) is 5.69. The Kier molecular flexibility index (Phi) is 4.90. The first-order valence-electron chi connectivity index (χ1n) is 13.0. The first kappa shape index (κ1) is 22.4. The van der Waals surface area contributed by atoms with Crippen LogP contribution in [0.3, 0.4) is 0 Å². The average molecular weight is 467 g/mol. The molecule has 0 spiro atoms. The lowest BCUT2D eigenvalue weighted by Crippen LogP contribution is -2.57. The van der Waals surface area contributed by atoms with Crippen LogP contribution >= 0.6 is 0 Å². The van der Waals surface area contributed by atoms with E-state index >= 15 is 0 Å². The van der Waals surface area contributed by atoms with E-state index in [0.717, 1.165) is 51.1 Å². The van der Waals surface area contributed by atoms with Crippen molar-refractivity contribution in [1.82, 2.24) is 9.78 Å². The van der Waals surface area contributed by atoms with E-state index in [2.05, 4.69) is 12.0 Å². The number of hydrogen-bond acceptors (Lipinski definition) is 3. The Morgan fingerprint density at radius 2 is 1.94 bits per heavy atom. The van der Waals surface area contributed by atoms with Crippen molar-refractivity contribution in [2.75, 3.05) is 6.61 Å². The van der Waals surface area contributed by atoms with Gasteiger partial charge in [0.25, 0.3) is 0 Å². The number of aryl methyl sites for hydroxylation is 1. The first-order chi connectivity index (χ1) is 15.5. The maximum Gasteiger partial charge on any atom is 0.419 e. The maximum atomic E-state index is 12.9. The number of fused-ring (bicyclic) bond motifs is 3. The Bertz CT molecular complexity index is 914. The lowest BCUT2D eigenvalue weighted by Gasteiger charge is -2.60. The zero-order valence-corrected chi connectivity index (χ0v) is 19.8. The fraction of sp³-hybridized carbons (Fsp3) is 0.885. The van der Waals surface area contributed by atoms with E-state index in [4.69, 9.17) is 4.74 Å². The van der Waals surface area contributed by atoms with Gasteiger partial charge in [-0.25, -0.2) is 0 Å². The molecule has 1 aromatic rings. The van der Waals surface area contributed by atoms with Gasteiger partial charge in [-0.15, -0.1) is 0 Å². The van der Waals surface area contributed by atoms with E-state index in [-0.39, 0.29) is 10.8 Å². The summed E-state index contributed by atoms with van der Waals surface area (Å²) in [5.41, 5.74) is -0.674. The quantitative estimate of drug-likeness (QED) is 0.623. The molecule has 4 saturated carbocycles. The summed E-state index contributed by atoms with van der Waals surface area (Å²) in [4.78, 5) is 0. The summed E-state index contributed by atoms with van der Waals surface area (Å²) >= 11 is 0. The topological polar surface area (TPSA) is 47.3 Å². The van der Waals surface area contributed by atoms with E-state index in [1.54, 1.807) is 0 Å². The summed E-state index contributed by atoms with van der Waals surface area (Å²) in [5, 5.41) is 14.7. The maximum absolute atomic E-state index is 12.9. The van der Waals surface area contributed by atoms with Crippen LogP contribution in [0.15, 0.2) is 12.4 Å². The van der Waals surface area contributed by atoms with Gasteiger partial charge in [0.1, 0.15) is 0 Å². The van der Waals surface area contributed by atoms with Gasteiger partial charge in [-0.3, -0.25) is 4.68 Å². The summed E-state index contributed by atoms with van der Waals surface area (Å²) < 4.78 is 46.7. The lowest BCUT2D eigenvalue weighted by molar-refractivity contribution is -0.137. The standard InChI is InChI=1S/C26H37F3N2O2/c1-23(32)8-9-25-15-33-22(21(25)12-23)11-18-19-4-3-16(24(19,2)7-5-20(18)25)6-10-31-14-17(13-30-31)26(27,28)29/h13-14,16,18-22,32H,3-12,15H2,1-2H3/t16-,18-,19-,20?,21?,22+,23+,24-,25-/m0/s1. The van der Waals surface area contributed by atoms with Gasteiger partial charge in [-0.1, -0.05) is 6.92 Å². The number of aromatic nitrogens is 2. The van der Waals surface area contributed by atoms with Crippen LogP contribution in [0.2, 0.25) is 0 Å². The molecule has 4 aliphatic carbocycles. The van der Waals surface area contributed by atoms with Gasteiger partial charge < -0.3 is 9.84 Å². The summed E-state index contributed by atoms with van der Waals surface area (Å²) in [6.45, 7) is 5.91. The van der Waals surface area contributed by atoms with Gasteiger partial charge >= 0.3 is 6.18 Å². The van der Waals surface area contributed by atoms with Crippen LogP contribution in [0.1, 0.15) is 77.2 Å². The molecule has 2 heterocycles. The normalized spacial score (nSPS) is 48.9. The third-order valence-electron chi connectivity index (χ3n) is 11.1. The second kappa shape index (κ2) is 7.22. The van der Waals surface area contributed by atoms with Gasteiger partial charge in [0.15, 0.2) is 0 Å². The van der Waals surface area contributed by atoms with E-state index in [1.165, 1.54) is 30.4 Å². The van der Waals surface area contributed by atoms with Gasteiger partial charge in [0.2, 0.25) is 0 Å². The minimum absolute atomic E-state index is 0.262. The van der Waals surface area contributed by atoms with Crippen molar-refractivity contribution in [3.05, 3.63) is 18.0 Å². The molecule has 2 unspecified atom stereocenters. The predicted molar refractivity (Wildman–Crippen MR) is 117 cm³/mol. The molecule has 6 rings (SSSR count). The van der Waals surface area contributed by atoms with Crippen molar-refractivity contribution >= 4 is 0 Å². The molecule has 0 radical (unpaired) electrons. The third kappa shape index (κ3) is 3.35. The monoisotopic (exact) mass is 466 g/mol. The number of alkyl halides is 3. The van der Waals surface area contributed by atoms with Crippen LogP contribution in [-0.4, -0.2) is 33.2 Å². The van der Waals surface area contributed by atoms with Gasteiger partial charge in [-0.2, -0.15) is 18.3 Å². The number of rotatable bonds is 3. The Morgan fingerprint density at radius 1 is 1.12 bits per heavy atom. The average Bonchev–Trinajstić information content (AvgIpc) is 3.40. The van der Waals surface area contributed by atoms with Crippen LogP contribution in [0.5, 0.6) is 0 Å². The number of ether oxygens (including phenoxy) is 1. The van der Waals surface area contributed by atoms with Gasteiger partial charge in [0.05, 0.1) is 30.1 Å². The van der Waals surface area contributed by atoms with Crippen LogP contribution in [0, 0.1) is 40.4 Å². The largest absolute Gasteiger partial charge is 0.419 e. The molecule has 1 N–H and O–H groups in total. The number of halogens is 3. The second-order valence-corrected chi connectivity index (χ2v) is 12.6. The summed E-state index contributed by atoms with van der Waals surface area (Å²) in [5.74, 6) is 3.14. The van der Waals surface area contributed by atoms with Crippen LogP contribution in [-0.2, 0) is 17.5 Å². The molecular weight excluding hydrogens is 429 g/mol. The number of aliphatic hydroxyl groups is 1. The van der Waals surface area contributed by atoms with Crippen molar-refractivity contribution in [2.45, 2.75) is 96.1 Å². The molecule has 5 aliphatic rings. The molecular formula is C26H37F3N2O2. The summed E-state index contributed by atoms with van der Waals surface area (Å²) in [6, 6.07) is 0. The number of nitrogens with zero attached hydrogens (tertiary/aromatic N) is 2. The highest BCUT2D eigenvalue weighted by Crippen LogP contribution is 2.70. The molecule has 33 heavy (non-hydrogen) atoms. The number of hydrogen-bond donors (Lipinski definition) is 1. The fourth-order valence-electron chi connectivity index (χ4n) is 9.43. The SMILES string of the molecule is C[C@@]1(O)CC[C@]23CO[C@H](C[C@@H]4C2CC[C@@]2(C)[C@H](CCn5cc(C(F)(F)F)cn5)CC[C@@H]42)C3C1. The highest BCUT2D eigenvalue weighted by molar-refractivity contribution is 5.15. The van der Waals surface area contributed by atoms with E-state index in [1.807, 2.05) is 6.92 Å². The van der Waals surface area contributed by atoms with E-state index < -0.39 is 17.3 Å². The Morgan fingerprint density at radius 3 is 2.70 bits per heavy atom. The van der Waals surface area contributed by atoms with Gasteiger partial charge in [0, 0.05) is 18.2 Å².